The Labute approximate surface area is 143 Å². The minimum absolute atomic E-state index is 0.0575. The van der Waals surface area contributed by atoms with E-state index in [4.69, 9.17) is 4.74 Å². The zero-order valence-corrected chi connectivity index (χ0v) is 17.3. The Bertz CT molecular complexity index is 685. The van der Waals surface area contributed by atoms with E-state index in [9.17, 15) is 0 Å². The fraction of sp³-hybridized carbons (Fsp3) is 0.619. The number of hydrogen-bond donors (Lipinski definition) is 0. The molecule has 1 nitrogen and oxygen atoms in total. The van der Waals surface area contributed by atoms with E-state index < -0.39 is 8.07 Å². The summed E-state index contributed by atoms with van der Waals surface area (Å²) in [6.07, 6.45) is 4.75. The summed E-state index contributed by atoms with van der Waals surface area (Å²) in [6, 6.07) is 4.82. The maximum absolute atomic E-state index is 6.61. The molecule has 1 aromatic carbocycles. The maximum Gasteiger partial charge on any atom is 0.118 e. The molecule has 0 aromatic heterocycles. The first kappa shape index (κ1) is 17.0. The third kappa shape index (κ3) is 2.14. The zero-order chi connectivity index (χ0) is 17.4. The second kappa shape index (κ2) is 4.61. The molecule has 2 bridgehead atoms. The third-order valence-corrected chi connectivity index (χ3v) is 12.0. The predicted molar refractivity (Wildman–Crippen MR) is 102 cm³/mol. The van der Waals surface area contributed by atoms with Crippen LogP contribution in [0, 0.1) is 12.3 Å². The van der Waals surface area contributed by atoms with Crippen molar-refractivity contribution >= 4 is 13.3 Å². The predicted octanol–water partition coefficient (Wildman–Crippen LogP) is 5.59. The number of aryl methyl sites for hydroxylation is 1. The smallest absolute Gasteiger partial charge is 0.118 e. The molecule has 1 aromatic rings. The summed E-state index contributed by atoms with van der Waals surface area (Å²) < 4.78 is 6.61. The maximum atomic E-state index is 6.61. The van der Waals surface area contributed by atoms with Crippen molar-refractivity contribution in [3.63, 3.8) is 0 Å². The van der Waals surface area contributed by atoms with Crippen LogP contribution in [0.2, 0.25) is 18.1 Å². The quantitative estimate of drug-likeness (QED) is 0.482. The van der Waals surface area contributed by atoms with E-state index in [1.807, 2.05) is 0 Å². The van der Waals surface area contributed by atoms with Crippen molar-refractivity contribution in [2.75, 3.05) is 0 Å². The summed E-state index contributed by atoms with van der Waals surface area (Å²) in [5.74, 6) is 0. The summed E-state index contributed by atoms with van der Waals surface area (Å²) in [4.78, 5) is 0. The molecule has 0 aliphatic carbocycles. The number of benzene rings is 1. The topological polar surface area (TPSA) is 9.23 Å². The van der Waals surface area contributed by atoms with E-state index in [2.05, 4.69) is 85.8 Å². The number of fused-ring (bicyclic) bond motifs is 5. The van der Waals surface area contributed by atoms with Crippen LogP contribution in [0.25, 0.3) is 0 Å². The van der Waals surface area contributed by atoms with Gasteiger partial charge >= 0.3 is 0 Å². The molecule has 23 heavy (non-hydrogen) atoms. The van der Waals surface area contributed by atoms with Crippen molar-refractivity contribution < 1.29 is 4.74 Å². The lowest BCUT2D eigenvalue weighted by Crippen LogP contribution is -2.51. The van der Waals surface area contributed by atoms with Crippen LogP contribution in [0.15, 0.2) is 24.3 Å². The van der Waals surface area contributed by atoms with Crippen LogP contribution in [0.4, 0.5) is 0 Å². The van der Waals surface area contributed by atoms with Gasteiger partial charge in [0.1, 0.15) is 11.7 Å². The minimum Gasteiger partial charge on any atom is -0.354 e. The van der Waals surface area contributed by atoms with Gasteiger partial charge in [0.05, 0.1) is 8.07 Å². The van der Waals surface area contributed by atoms with Gasteiger partial charge in [-0.05, 0) is 34.6 Å². The molecule has 0 spiro atoms. The molecule has 2 unspecified atom stereocenters. The summed E-state index contributed by atoms with van der Waals surface area (Å²) >= 11 is 0. The lowest BCUT2D eigenvalue weighted by Gasteiger charge is -2.41. The molecule has 0 radical (unpaired) electrons. The first-order chi connectivity index (χ1) is 10.3. The first-order valence-corrected chi connectivity index (χ1v) is 11.8. The Morgan fingerprint density at radius 3 is 2.17 bits per heavy atom. The van der Waals surface area contributed by atoms with E-state index >= 15 is 0 Å². The van der Waals surface area contributed by atoms with E-state index in [1.165, 1.54) is 16.7 Å². The SMILES string of the molecule is Cc1cc2c(c([Si](C)(C)C(C)(C)C)c1)C1C=CC2(C(C)(C)C)O1. The molecular formula is C21H32OSi. The van der Waals surface area contributed by atoms with Gasteiger partial charge in [0, 0.05) is 0 Å². The molecule has 0 saturated carbocycles. The van der Waals surface area contributed by atoms with Crippen molar-refractivity contribution in [2.45, 2.75) is 78.3 Å². The Kier molecular flexibility index (Phi) is 3.40. The van der Waals surface area contributed by atoms with Crippen molar-refractivity contribution in [3.8, 4) is 0 Å². The van der Waals surface area contributed by atoms with Crippen LogP contribution in [0.3, 0.4) is 0 Å². The van der Waals surface area contributed by atoms with Crippen LogP contribution in [0.1, 0.15) is 64.3 Å². The Balaban J connectivity index is 2.30. The monoisotopic (exact) mass is 328 g/mol. The van der Waals surface area contributed by atoms with Crippen molar-refractivity contribution in [1.82, 2.24) is 0 Å². The minimum atomic E-state index is -1.61. The standard InChI is InChI=1S/C21H32OSi/c1-14-12-15-18(17(13-14)23(8,9)20(5,6)7)16-10-11-21(15,22-16)19(2,3)4/h10-13,16H,1-9H3. The molecule has 3 rings (SSSR count). The highest BCUT2D eigenvalue weighted by atomic mass is 28.3. The average Bonchev–Trinajstić information content (AvgIpc) is 2.93. The molecule has 0 saturated heterocycles. The molecule has 0 amide bonds. The average molecular weight is 329 g/mol. The van der Waals surface area contributed by atoms with Crippen LogP contribution in [0.5, 0.6) is 0 Å². The normalized spacial score (nSPS) is 26.7. The fourth-order valence-electron chi connectivity index (χ4n) is 3.97. The summed E-state index contributed by atoms with van der Waals surface area (Å²) in [6.45, 7) is 21.4. The molecule has 2 aliphatic rings. The Morgan fingerprint density at radius 2 is 1.65 bits per heavy atom. The van der Waals surface area contributed by atoms with Crippen LogP contribution in [-0.2, 0) is 10.3 Å². The second-order valence-corrected chi connectivity index (χ2v) is 15.3. The largest absolute Gasteiger partial charge is 0.354 e. The van der Waals surface area contributed by atoms with Crippen LogP contribution < -0.4 is 5.19 Å². The highest BCUT2D eigenvalue weighted by Gasteiger charge is 2.55. The number of ether oxygens (including phenoxy) is 1. The van der Waals surface area contributed by atoms with Crippen LogP contribution in [-0.4, -0.2) is 8.07 Å². The third-order valence-electron chi connectivity index (χ3n) is 6.49. The lowest BCUT2D eigenvalue weighted by molar-refractivity contribution is -0.0752. The molecule has 2 heterocycles. The molecular weight excluding hydrogens is 296 g/mol. The van der Waals surface area contributed by atoms with Gasteiger partial charge in [-0.2, -0.15) is 0 Å². The van der Waals surface area contributed by atoms with E-state index in [0.717, 1.165) is 0 Å². The Hall–Kier alpha value is -0.863. The summed E-state index contributed by atoms with van der Waals surface area (Å²) in [5, 5.41) is 1.93. The van der Waals surface area contributed by atoms with Crippen molar-refractivity contribution in [3.05, 3.63) is 41.0 Å². The molecule has 0 fully saturated rings. The summed E-state index contributed by atoms with van der Waals surface area (Å²) in [5.41, 5.74) is 4.09. The fourth-order valence-corrected chi connectivity index (χ4v) is 6.32. The van der Waals surface area contributed by atoms with Gasteiger partial charge in [0.2, 0.25) is 0 Å². The van der Waals surface area contributed by atoms with Gasteiger partial charge in [-0.15, -0.1) is 0 Å². The van der Waals surface area contributed by atoms with E-state index in [-0.39, 0.29) is 17.1 Å². The highest BCUT2D eigenvalue weighted by Crippen LogP contribution is 2.58. The number of rotatable bonds is 1. The van der Waals surface area contributed by atoms with E-state index in [1.54, 1.807) is 5.19 Å². The molecule has 126 valence electrons. The number of hydrogen-bond acceptors (Lipinski definition) is 1. The first-order valence-electron chi connectivity index (χ1n) is 8.84. The molecule has 2 heteroatoms. The van der Waals surface area contributed by atoms with Gasteiger partial charge in [0.15, 0.2) is 0 Å². The van der Waals surface area contributed by atoms with Crippen molar-refractivity contribution in [1.29, 1.82) is 0 Å². The molecule has 2 atom stereocenters. The van der Waals surface area contributed by atoms with Gasteiger partial charge < -0.3 is 4.74 Å². The van der Waals surface area contributed by atoms with Crippen molar-refractivity contribution in [2.24, 2.45) is 5.41 Å². The van der Waals surface area contributed by atoms with Gasteiger partial charge in [0.25, 0.3) is 0 Å². The highest BCUT2D eigenvalue weighted by molar-refractivity contribution is 6.92. The molecule has 2 aliphatic heterocycles. The van der Waals surface area contributed by atoms with Crippen LogP contribution >= 0.6 is 0 Å². The molecule has 0 N–H and O–H groups in total. The van der Waals surface area contributed by atoms with Gasteiger partial charge in [-0.1, -0.05) is 83.6 Å². The Morgan fingerprint density at radius 1 is 1.04 bits per heavy atom. The van der Waals surface area contributed by atoms with E-state index in [0.29, 0.717) is 5.04 Å². The summed E-state index contributed by atoms with van der Waals surface area (Å²) in [7, 11) is -1.61. The lowest BCUT2D eigenvalue weighted by atomic mass is 9.70. The van der Waals surface area contributed by atoms with Gasteiger partial charge in [-0.3, -0.25) is 0 Å². The zero-order valence-electron chi connectivity index (χ0n) is 16.3. The van der Waals surface area contributed by atoms with Gasteiger partial charge in [-0.25, -0.2) is 0 Å². The second-order valence-electron chi connectivity index (χ2n) is 10.0.